The van der Waals surface area contributed by atoms with Crippen molar-refractivity contribution in [1.29, 1.82) is 0 Å². The second-order valence-electron chi connectivity index (χ2n) is 5.04. The number of rotatable bonds is 6. The Balaban J connectivity index is 2.33. The Morgan fingerprint density at radius 3 is 2.09 bits per heavy atom. The maximum absolute atomic E-state index is 5.37. The summed E-state index contributed by atoms with van der Waals surface area (Å²) in [4.78, 5) is 0. The molecule has 2 aromatic rings. The predicted molar refractivity (Wildman–Crippen MR) is 93.1 cm³/mol. The highest BCUT2D eigenvalue weighted by atomic mass is 16.5. The van der Waals surface area contributed by atoms with E-state index in [2.05, 4.69) is 10.5 Å². The molecule has 0 radical (unpaired) electrons. The van der Waals surface area contributed by atoms with E-state index in [0.717, 1.165) is 22.5 Å². The molecular formula is C18H22N2O3. The van der Waals surface area contributed by atoms with Gasteiger partial charge in [0.25, 0.3) is 0 Å². The van der Waals surface area contributed by atoms with Crippen LogP contribution < -0.4 is 19.6 Å². The van der Waals surface area contributed by atoms with E-state index < -0.39 is 0 Å². The molecule has 5 heteroatoms. The largest absolute Gasteiger partial charge is 0.493 e. The number of hydrogen-bond acceptors (Lipinski definition) is 5. The van der Waals surface area contributed by atoms with Crippen LogP contribution in [0.15, 0.2) is 41.5 Å². The Bertz CT molecular complexity index is 686. The lowest BCUT2D eigenvalue weighted by molar-refractivity contribution is 0.324. The van der Waals surface area contributed by atoms with Crippen LogP contribution in [0.5, 0.6) is 17.2 Å². The number of para-hydroxylation sites is 1. The summed E-state index contributed by atoms with van der Waals surface area (Å²) in [6, 6.07) is 11.7. The minimum Gasteiger partial charge on any atom is -0.493 e. The Morgan fingerprint density at radius 1 is 0.957 bits per heavy atom. The fraction of sp³-hybridized carbons (Fsp3) is 0.278. The van der Waals surface area contributed by atoms with Gasteiger partial charge in [-0.1, -0.05) is 18.2 Å². The number of anilines is 1. The summed E-state index contributed by atoms with van der Waals surface area (Å²) >= 11 is 0. The number of methoxy groups -OCH3 is 3. The monoisotopic (exact) mass is 314 g/mol. The summed E-state index contributed by atoms with van der Waals surface area (Å²) in [5.41, 5.74) is 6.90. The first-order valence-corrected chi connectivity index (χ1v) is 7.27. The molecule has 0 bridgehead atoms. The zero-order valence-corrected chi connectivity index (χ0v) is 14.1. The van der Waals surface area contributed by atoms with Crippen LogP contribution in [-0.4, -0.2) is 27.0 Å². The summed E-state index contributed by atoms with van der Waals surface area (Å²) in [6.45, 7) is 3.96. The number of nitrogens with one attached hydrogen (secondary N) is 1. The lowest BCUT2D eigenvalue weighted by atomic mass is 10.1. The number of nitrogens with zero attached hydrogens (tertiary/aromatic N) is 1. The molecule has 0 aliphatic carbocycles. The van der Waals surface area contributed by atoms with Gasteiger partial charge in [0.05, 0.1) is 32.7 Å². The van der Waals surface area contributed by atoms with Crippen LogP contribution in [0.1, 0.15) is 18.1 Å². The molecule has 0 aliphatic rings. The van der Waals surface area contributed by atoms with Gasteiger partial charge in [0.15, 0.2) is 11.5 Å². The van der Waals surface area contributed by atoms with Gasteiger partial charge in [-0.3, -0.25) is 5.43 Å². The van der Waals surface area contributed by atoms with E-state index in [1.165, 1.54) is 0 Å². The van der Waals surface area contributed by atoms with Crippen molar-refractivity contribution in [2.75, 3.05) is 26.8 Å². The Kier molecular flexibility index (Phi) is 5.46. The third-order valence-corrected chi connectivity index (χ3v) is 3.57. The van der Waals surface area contributed by atoms with Gasteiger partial charge < -0.3 is 14.2 Å². The predicted octanol–water partition coefficient (Wildman–Crippen LogP) is 3.86. The normalized spacial score (nSPS) is 11.1. The zero-order chi connectivity index (χ0) is 16.8. The van der Waals surface area contributed by atoms with Crippen LogP contribution in [0, 0.1) is 6.92 Å². The number of aryl methyl sites for hydroxylation is 1. The molecule has 0 saturated carbocycles. The van der Waals surface area contributed by atoms with Crippen LogP contribution in [0.25, 0.3) is 0 Å². The molecule has 0 heterocycles. The third-order valence-electron chi connectivity index (χ3n) is 3.57. The minimum atomic E-state index is 0.568. The lowest BCUT2D eigenvalue weighted by Gasteiger charge is -2.14. The second-order valence-corrected chi connectivity index (χ2v) is 5.04. The summed E-state index contributed by atoms with van der Waals surface area (Å²) in [5, 5.41) is 4.45. The van der Waals surface area contributed by atoms with E-state index in [1.807, 2.05) is 50.2 Å². The minimum absolute atomic E-state index is 0.568. The molecule has 5 nitrogen and oxygen atoms in total. The van der Waals surface area contributed by atoms with Crippen molar-refractivity contribution in [3.63, 3.8) is 0 Å². The maximum atomic E-state index is 5.37. The van der Waals surface area contributed by atoms with E-state index in [-0.39, 0.29) is 0 Å². The molecule has 0 spiro atoms. The maximum Gasteiger partial charge on any atom is 0.203 e. The number of benzene rings is 2. The molecule has 2 aromatic carbocycles. The van der Waals surface area contributed by atoms with Crippen molar-refractivity contribution >= 4 is 11.4 Å². The van der Waals surface area contributed by atoms with Crippen LogP contribution in [0.2, 0.25) is 0 Å². The van der Waals surface area contributed by atoms with Crippen molar-refractivity contribution in [1.82, 2.24) is 0 Å². The van der Waals surface area contributed by atoms with Crippen molar-refractivity contribution in [2.24, 2.45) is 5.10 Å². The van der Waals surface area contributed by atoms with Crippen LogP contribution in [0.3, 0.4) is 0 Å². The molecule has 0 saturated heterocycles. The van der Waals surface area contributed by atoms with Gasteiger partial charge in [-0.15, -0.1) is 0 Å². The van der Waals surface area contributed by atoms with Crippen LogP contribution >= 0.6 is 0 Å². The SMILES string of the molecule is COc1cc(/C(C)=N/Nc2ccccc2C)cc(OC)c1OC. The molecule has 0 aliphatic heterocycles. The average Bonchev–Trinajstić information content (AvgIpc) is 2.59. The van der Waals surface area contributed by atoms with Crippen molar-refractivity contribution < 1.29 is 14.2 Å². The first kappa shape index (κ1) is 16.7. The highest BCUT2D eigenvalue weighted by Gasteiger charge is 2.14. The Labute approximate surface area is 136 Å². The first-order valence-electron chi connectivity index (χ1n) is 7.27. The Hall–Kier alpha value is -2.69. The van der Waals surface area contributed by atoms with E-state index in [1.54, 1.807) is 21.3 Å². The Morgan fingerprint density at radius 2 is 1.57 bits per heavy atom. The van der Waals surface area contributed by atoms with Crippen LogP contribution in [0.4, 0.5) is 5.69 Å². The van der Waals surface area contributed by atoms with Gasteiger partial charge in [0.1, 0.15) is 0 Å². The number of hydrazone groups is 1. The van der Waals surface area contributed by atoms with E-state index in [0.29, 0.717) is 17.2 Å². The van der Waals surface area contributed by atoms with Crippen molar-refractivity contribution in [2.45, 2.75) is 13.8 Å². The number of ether oxygens (including phenoxy) is 3. The van der Waals surface area contributed by atoms with Crippen LogP contribution in [-0.2, 0) is 0 Å². The quantitative estimate of drug-likeness (QED) is 0.650. The molecule has 0 unspecified atom stereocenters. The van der Waals surface area contributed by atoms with Crippen molar-refractivity contribution in [3.05, 3.63) is 47.5 Å². The zero-order valence-electron chi connectivity index (χ0n) is 14.1. The molecule has 0 atom stereocenters. The molecule has 0 amide bonds. The fourth-order valence-electron chi connectivity index (χ4n) is 2.20. The average molecular weight is 314 g/mol. The fourth-order valence-corrected chi connectivity index (χ4v) is 2.20. The molecule has 122 valence electrons. The molecule has 0 fully saturated rings. The topological polar surface area (TPSA) is 52.1 Å². The van der Waals surface area contributed by atoms with E-state index in [4.69, 9.17) is 14.2 Å². The molecular weight excluding hydrogens is 292 g/mol. The molecule has 1 N–H and O–H groups in total. The van der Waals surface area contributed by atoms with Gasteiger partial charge in [0.2, 0.25) is 5.75 Å². The van der Waals surface area contributed by atoms with Gasteiger partial charge >= 0.3 is 0 Å². The van der Waals surface area contributed by atoms with E-state index in [9.17, 15) is 0 Å². The summed E-state index contributed by atoms with van der Waals surface area (Å²) in [6.07, 6.45) is 0. The smallest absolute Gasteiger partial charge is 0.203 e. The first-order chi connectivity index (χ1) is 11.1. The van der Waals surface area contributed by atoms with E-state index >= 15 is 0 Å². The van der Waals surface area contributed by atoms with Crippen molar-refractivity contribution in [3.8, 4) is 17.2 Å². The lowest BCUT2D eigenvalue weighted by Crippen LogP contribution is -2.03. The summed E-state index contributed by atoms with van der Waals surface area (Å²) < 4.78 is 16.1. The van der Waals surface area contributed by atoms with Gasteiger partial charge in [0, 0.05) is 5.56 Å². The third kappa shape index (κ3) is 3.74. The van der Waals surface area contributed by atoms with Gasteiger partial charge in [-0.25, -0.2) is 0 Å². The highest BCUT2D eigenvalue weighted by Crippen LogP contribution is 2.38. The number of hydrogen-bond donors (Lipinski definition) is 1. The summed E-state index contributed by atoms with van der Waals surface area (Å²) in [5.74, 6) is 1.78. The summed E-state index contributed by atoms with van der Waals surface area (Å²) in [7, 11) is 4.78. The molecule has 2 rings (SSSR count). The molecule has 0 aromatic heterocycles. The molecule has 23 heavy (non-hydrogen) atoms. The second kappa shape index (κ2) is 7.54. The van der Waals surface area contributed by atoms with Gasteiger partial charge in [-0.05, 0) is 37.6 Å². The highest BCUT2D eigenvalue weighted by molar-refractivity contribution is 6.00. The standard InChI is InChI=1S/C18H22N2O3/c1-12-8-6-7-9-15(12)20-19-13(2)14-10-16(21-3)18(23-5)17(11-14)22-4/h6-11,20H,1-5H3/b19-13+. The van der Waals surface area contributed by atoms with Gasteiger partial charge in [-0.2, -0.15) is 5.10 Å².